The Labute approximate surface area is 133 Å². The zero-order valence-electron chi connectivity index (χ0n) is 12.7. The van der Waals surface area contributed by atoms with E-state index in [0.717, 1.165) is 24.6 Å². The lowest BCUT2D eigenvalue weighted by atomic mass is 10.1. The van der Waals surface area contributed by atoms with Gasteiger partial charge in [0.05, 0.1) is 23.2 Å². The molecule has 2 aromatic rings. The normalized spacial score (nSPS) is 10.8. The molecular weight excluding hydrogens is 298 g/mol. The molecular formula is C17H17NO5. The molecule has 2 rings (SSSR count). The Balaban J connectivity index is 2.04. The molecule has 0 fully saturated rings. The smallest absolute Gasteiger partial charge is 0.338 e. The van der Waals surface area contributed by atoms with Gasteiger partial charge in [0.15, 0.2) is 0 Å². The van der Waals surface area contributed by atoms with Crippen molar-refractivity contribution in [2.75, 3.05) is 6.61 Å². The van der Waals surface area contributed by atoms with E-state index in [1.165, 1.54) is 6.08 Å². The lowest BCUT2D eigenvalue weighted by molar-refractivity contribution is -0.401. The fourth-order valence-electron chi connectivity index (χ4n) is 1.89. The highest BCUT2D eigenvalue weighted by molar-refractivity contribution is 5.89. The van der Waals surface area contributed by atoms with Crippen molar-refractivity contribution in [2.45, 2.75) is 19.8 Å². The van der Waals surface area contributed by atoms with Crippen LogP contribution in [0, 0.1) is 10.1 Å². The van der Waals surface area contributed by atoms with Gasteiger partial charge in [-0.2, -0.15) is 0 Å². The second-order valence-corrected chi connectivity index (χ2v) is 4.87. The van der Waals surface area contributed by atoms with Gasteiger partial charge in [0, 0.05) is 5.56 Å². The van der Waals surface area contributed by atoms with Crippen molar-refractivity contribution in [3.8, 4) is 11.3 Å². The number of hydrogen-bond donors (Lipinski definition) is 0. The molecule has 0 spiro atoms. The lowest BCUT2D eigenvalue weighted by Gasteiger charge is -2.04. The van der Waals surface area contributed by atoms with Crippen molar-refractivity contribution in [3.63, 3.8) is 0 Å². The zero-order chi connectivity index (χ0) is 16.7. The summed E-state index contributed by atoms with van der Waals surface area (Å²) in [6.07, 6.45) is 3.91. The molecule has 0 aliphatic heterocycles. The topological polar surface area (TPSA) is 82.6 Å². The van der Waals surface area contributed by atoms with E-state index in [-0.39, 0.29) is 5.97 Å². The number of carbonyl (C=O) groups is 1. The van der Waals surface area contributed by atoms with Crippen molar-refractivity contribution in [1.82, 2.24) is 0 Å². The number of carbonyl (C=O) groups excluding carboxylic acids is 1. The number of esters is 1. The fourth-order valence-corrected chi connectivity index (χ4v) is 1.89. The van der Waals surface area contributed by atoms with Gasteiger partial charge in [0.1, 0.15) is 11.5 Å². The van der Waals surface area contributed by atoms with E-state index >= 15 is 0 Å². The first-order chi connectivity index (χ1) is 11.1. The van der Waals surface area contributed by atoms with Crippen LogP contribution in [0.15, 0.2) is 47.0 Å². The van der Waals surface area contributed by atoms with Crippen LogP contribution < -0.4 is 0 Å². The Hall–Kier alpha value is -2.89. The first kappa shape index (κ1) is 16.5. The van der Waals surface area contributed by atoms with Gasteiger partial charge in [-0.3, -0.25) is 10.1 Å². The molecule has 120 valence electrons. The second-order valence-electron chi connectivity index (χ2n) is 4.87. The Morgan fingerprint density at radius 1 is 1.26 bits per heavy atom. The first-order valence-electron chi connectivity index (χ1n) is 7.29. The van der Waals surface area contributed by atoms with E-state index < -0.39 is 4.92 Å². The van der Waals surface area contributed by atoms with E-state index in [9.17, 15) is 14.9 Å². The van der Waals surface area contributed by atoms with Crippen LogP contribution in [0.5, 0.6) is 0 Å². The third kappa shape index (κ3) is 4.81. The zero-order valence-corrected chi connectivity index (χ0v) is 12.7. The number of hydrogen-bond acceptors (Lipinski definition) is 5. The maximum absolute atomic E-state index is 11.8. The van der Waals surface area contributed by atoms with E-state index in [1.807, 2.05) is 6.92 Å². The van der Waals surface area contributed by atoms with Gasteiger partial charge in [0.2, 0.25) is 6.20 Å². The van der Waals surface area contributed by atoms with Gasteiger partial charge in [-0.05, 0) is 30.7 Å². The standard InChI is InChI=1S/C17H17NO5/c1-2-3-12-22-17(19)14-6-4-13(5-7-14)16-9-8-15(23-16)10-11-18(20)21/h4-11H,2-3,12H2,1H3/b11-10+. The Kier molecular flexibility index (Phi) is 5.68. The quantitative estimate of drug-likeness (QED) is 0.332. The number of nitro groups is 1. The Morgan fingerprint density at radius 2 is 2.00 bits per heavy atom. The van der Waals surface area contributed by atoms with Crippen LogP contribution in [0.3, 0.4) is 0 Å². The van der Waals surface area contributed by atoms with Crippen molar-refractivity contribution in [2.24, 2.45) is 0 Å². The van der Waals surface area contributed by atoms with E-state index in [1.54, 1.807) is 36.4 Å². The summed E-state index contributed by atoms with van der Waals surface area (Å²) in [5.74, 6) is 0.609. The lowest BCUT2D eigenvalue weighted by Crippen LogP contribution is -2.05. The van der Waals surface area contributed by atoms with Crippen LogP contribution in [-0.4, -0.2) is 17.5 Å². The first-order valence-corrected chi connectivity index (χ1v) is 7.29. The average molecular weight is 315 g/mol. The van der Waals surface area contributed by atoms with E-state index in [4.69, 9.17) is 9.15 Å². The molecule has 0 radical (unpaired) electrons. The maximum atomic E-state index is 11.8. The summed E-state index contributed by atoms with van der Waals surface area (Å²) >= 11 is 0. The van der Waals surface area contributed by atoms with Crippen LogP contribution in [-0.2, 0) is 4.74 Å². The predicted octanol–water partition coefficient (Wildman–Crippen LogP) is 4.15. The molecule has 1 heterocycles. The molecule has 0 amide bonds. The van der Waals surface area contributed by atoms with Gasteiger partial charge in [0.25, 0.3) is 0 Å². The number of ether oxygens (including phenoxy) is 1. The summed E-state index contributed by atoms with van der Waals surface area (Å²) in [5.41, 5.74) is 1.25. The maximum Gasteiger partial charge on any atom is 0.338 e. The monoisotopic (exact) mass is 315 g/mol. The third-order valence-electron chi connectivity index (χ3n) is 3.12. The highest BCUT2D eigenvalue weighted by Gasteiger charge is 2.09. The minimum absolute atomic E-state index is 0.348. The molecule has 0 bridgehead atoms. The van der Waals surface area contributed by atoms with Crippen LogP contribution in [0.4, 0.5) is 0 Å². The molecule has 1 aromatic carbocycles. The summed E-state index contributed by atoms with van der Waals surface area (Å²) in [5, 5.41) is 10.3. The van der Waals surface area contributed by atoms with Crippen LogP contribution in [0.2, 0.25) is 0 Å². The van der Waals surface area contributed by atoms with Crippen molar-refractivity contribution >= 4 is 12.0 Å². The summed E-state index contributed by atoms with van der Waals surface area (Å²) < 4.78 is 10.6. The molecule has 6 heteroatoms. The molecule has 0 aliphatic rings. The second kappa shape index (κ2) is 7.93. The van der Waals surface area contributed by atoms with Gasteiger partial charge < -0.3 is 9.15 Å². The fraction of sp³-hybridized carbons (Fsp3) is 0.235. The van der Waals surface area contributed by atoms with Gasteiger partial charge in [-0.25, -0.2) is 4.79 Å². The molecule has 1 aromatic heterocycles. The minimum Gasteiger partial charge on any atom is -0.462 e. The van der Waals surface area contributed by atoms with E-state index in [0.29, 0.717) is 23.7 Å². The number of rotatable bonds is 7. The predicted molar refractivity (Wildman–Crippen MR) is 85.4 cm³/mol. The molecule has 0 saturated carbocycles. The Morgan fingerprint density at radius 3 is 2.65 bits per heavy atom. The number of nitrogens with zero attached hydrogens (tertiary/aromatic N) is 1. The molecule has 23 heavy (non-hydrogen) atoms. The van der Waals surface area contributed by atoms with Crippen molar-refractivity contribution < 1.29 is 18.9 Å². The number of furan rings is 1. The summed E-state index contributed by atoms with van der Waals surface area (Å²) in [6.45, 7) is 2.45. The average Bonchev–Trinajstić information content (AvgIpc) is 3.02. The molecule has 6 nitrogen and oxygen atoms in total. The Bertz CT molecular complexity index is 700. The number of benzene rings is 1. The van der Waals surface area contributed by atoms with Crippen LogP contribution >= 0.6 is 0 Å². The van der Waals surface area contributed by atoms with Crippen LogP contribution in [0.25, 0.3) is 17.4 Å². The molecule has 0 aliphatic carbocycles. The summed E-state index contributed by atoms with van der Waals surface area (Å²) in [4.78, 5) is 21.5. The highest BCUT2D eigenvalue weighted by Crippen LogP contribution is 2.23. The molecule has 0 saturated heterocycles. The van der Waals surface area contributed by atoms with Gasteiger partial charge in [-0.1, -0.05) is 25.5 Å². The summed E-state index contributed by atoms with van der Waals surface area (Å²) in [7, 11) is 0. The van der Waals surface area contributed by atoms with Crippen molar-refractivity contribution in [1.29, 1.82) is 0 Å². The van der Waals surface area contributed by atoms with E-state index in [2.05, 4.69) is 0 Å². The van der Waals surface area contributed by atoms with Gasteiger partial charge >= 0.3 is 5.97 Å². The molecule has 0 atom stereocenters. The summed E-state index contributed by atoms with van der Waals surface area (Å²) in [6, 6.07) is 10.2. The van der Waals surface area contributed by atoms with Gasteiger partial charge in [-0.15, -0.1) is 0 Å². The minimum atomic E-state index is -0.554. The third-order valence-corrected chi connectivity index (χ3v) is 3.12. The molecule has 0 unspecified atom stereocenters. The number of unbranched alkanes of at least 4 members (excludes halogenated alkanes) is 1. The molecule has 0 N–H and O–H groups in total. The van der Waals surface area contributed by atoms with Crippen molar-refractivity contribution in [3.05, 3.63) is 64.0 Å². The van der Waals surface area contributed by atoms with Crippen LogP contribution in [0.1, 0.15) is 35.9 Å². The SMILES string of the molecule is CCCCOC(=O)c1ccc(-c2ccc(/C=C/[N+](=O)[O-])o2)cc1. The largest absolute Gasteiger partial charge is 0.462 e. The highest BCUT2D eigenvalue weighted by atomic mass is 16.6.